The first-order valence-corrected chi connectivity index (χ1v) is 10.2. The fraction of sp³-hybridized carbons (Fsp3) is 0.273. The maximum Gasteiger partial charge on any atom is 0.334 e. The molecular weight excluding hydrogens is 415 g/mol. The Morgan fingerprint density at radius 3 is 2.78 bits per heavy atom. The summed E-state index contributed by atoms with van der Waals surface area (Å²) in [5, 5.41) is 16.6. The predicted octanol–water partition coefficient (Wildman–Crippen LogP) is 1.34. The van der Waals surface area contributed by atoms with E-state index in [2.05, 4.69) is 15.4 Å². The van der Waals surface area contributed by atoms with E-state index >= 15 is 0 Å². The lowest BCUT2D eigenvalue weighted by atomic mass is 9.89. The van der Waals surface area contributed by atoms with E-state index in [4.69, 9.17) is 0 Å². The summed E-state index contributed by atoms with van der Waals surface area (Å²) in [5.74, 6) is -0.904. The zero-order valence-corrected chi connectivity index (χ0v) is 17.3. The molecule has 1 aromatic carbocycles. The molecule has 0 spiro atoms. The minimum atomic E-state index is -0.576. The number of benzene rings is 1. The van der Waals surface area contributed by atoms with E-state index in [0.717, 1.165) is 5.56 Å². The second kappa shape index (κ2) is 7.72. The van der Waals surface area contributed by atoms with Gasteiger partial charge in [-0.2, -0.15) is 5.10 Å². The van der Waals surface area contributed by atoms with Crippen LogP contribution in [0.5, 0.6) is 0 Å². The molecule has 32 heavy (non-hydrogen) atoms. The maximum absolute atomic E-state index is 14.9. The molecule has 0 bridgehead atoms. The van der Waals surface area contributed by atoms with Gasteiger partial charge in [0.15, 0.2) is 5.65 Å². The lowest BCUT2D eigenvalue weighted by Crippen LogP contribution is -2.50. The summed E-state index contributed by atoms with van der Waals surface area (Å²) < 4.78 is 19.0. The van der Waals surface area contributed by atoms with Crippen molar-refractivity contribution >= 4 is 11.6 Å². The van der Waals surface area contributed by atoms with Crippen LogP contribution in [0.25, 0.3) is 16.8 Å². The number of halogens is 1. The Morgan fingerprint density at radius 2 is 2.12 bits per heavy atom. The molecule has 1 aliphatic carbocycles. The summed E-state index contributed by atoms with van der Waals surface area (Å²) in [6, 6.07) is 4.46. The molecule has 2 atom stereocenters. The monoisotopic (exact) mass is 436 g/mol. The van der Waals surface area contributed by atoms with Gasteiger partial charge in [0.1, 0.15) is 5.82 Å². The lowest BCUT2D eigenvalue weighted by Gasteiger charge is -2.32. The number of carbonyl (C=O) groups is 1. The van der Waals surface area contributed by atoms with Crippen molar-refractivity contribution in [2.75, 3.05) is 0 Å². The van der Waals surface area contributed by atoms with Crippen LogP contribution in [0.4, 0.5) is 4.39 Å². The van der Waals surface area contributed by atoms with Gasteiger partial charge in [-0.05, 0) is 24.5 Å². The molecule has 4 aromatic rings. The molecule has 0 unspecified atom stereocenters. The molecule has 0 radical (unpaired) electrons. The van der Waals surface area contributed by atoms with Crippen molar-refractivity contribution in [2.24, 2.45) is 7.05 Å². The normalized spacial score (nSPS) is 18.0. The summed E-state index contributed by atoms with van der Waals surface area (Å²) in [5.41, 5.74) is 1.72. The van der Waals surface area contributed by atoms with Crippen LogP contribution in [0.15, 0.2) is 54.0 Å². The fourth-order valence-electron chi connectivity index (χ4n) is 3.84. The number of nitrogens with zero attached hydrogens (tertiary/aromatic N) is 5. The number of aromatic nitrogens is 5. The van der Waals surface area contributed by atoms with Crippen LogP contribution < -0.4 is 11.0 Å². The molecule has 1 fully saturated rings. The third-order valence-electron chi connectivity index (χ3n) is 5.85. The standard InChI is InChI=1S/C22H21FN6O3/c1-27-10-15(9-25-27)13-2-3-14(17(23)8-13)11-28-12-16(20-24-6-7-29(20)22(28)32)21(31)26-18-4-5-19(18)30/h2-3,6-10,12,18-19,30H,4-5,11H2,1H3,(H,26,31)/t18-,19-/m1/s1. The number of fused-ring (bicyclic) bond motifs is 1. The Kier molecular flexibility index (Phi) is 4.86. The number of imidazole rings is 1. The third kappa shape index (κ3) is 3.48. The molecule has 2 N–H and O–H groups in total. The first-order chi connectivity index (χ1) is 15.4. The van der Waals surface area contributed by atoms with E-state index in [1.807, 2.05) is 0 Å². The highest BCUT2D eigenvalue weighted by Crippen LogP contribution is 2.22. The van der Waals surface area contributed by atoms with Crippen molar-refractivity contribution < 1.29 is 14.3 Å². The SMILES string of the molecule is Cn1cc(-c2ccc(Cn3cc(C(=O)N[C@@H]4CC[C@H]4O)c4nccn4c3=O)c(F)c2)cn1. The number of aliphatic hydroxyl groups is 1. The van der Waals surface area contributed by atoms with Gasteiger partial charge in [0.2, 0.25) is 0 Å². The van der Waals surface area contributed by atoms with Crippen LogP contribution in [0, 0.1) is 5.82 Å². The van der Waals surface area contributed by atoms with E-state index in [9.17, 15) is 19.1 Å². The number of hydrogen-bond donors (Lipinski definition) is 2. The minimum Gasteiger partial charge on any atom is -0.391 e. The zero-order chi connectivity index (χ0) is 22.4. The molecule has 1 saturated carbocycles. The van der Waals surface area contributed by atoms with Crippen LogP contribution in [-0.4, -0.2) is 46.9 Å². The number of rotatable bonds is 5. The number of nitrogens with one attached hydrogen (secondary N) is 1. The molecule has 164 valence electrons. The van der Waals surface area contributed by atoms with Crippen molar-refractivity contribution in [2.45, 2.75) is 31.5 Å². The van der Waals surface area contributed by atoms with E-state index in [-0.39, 0.29) is 23.8 Å². The molecule has 0 saturated heterocycles. The average molecular weight is 436 g/mol. The number of amides is 1. The predicted molar refractivity (Wildman–Crippen MR) is 114 cm³/mol. The highest BCUT2D eigenvalue weighted by molar-refractivity contribution is 5.99. The van der Waals surface area contributed by atoms with Gasteiger partial charge in [0.05, 0.1) is 30.5 Å². The van der Waals surface area contributed by atoms with E-state index in [1.165, 1.54) is 33.6 Å². The Labute approximate surface area is 181 Å². The highest BCUT2D eigenvalue weighted by atomic mass is 19.1. The summed E-state index contributed by atoms with van der Waals surface area (Å²) in [6.07, 6.45) is 8.46. The first-order valence-electron chi connectivity index (χ1n) is 10.2. The van der Waals surface area contributed by atoms with Crippen molar-refractivity contribution in [3.05, 3.63) is 76.6 Å². The molecule has 9 nitrogen and oxygen atoms in total. The van der Waals surface area contributed by atoms with Gasteiger partial charge >= 0.3 is 5.69 Å². The Morgan fingerprint density at radius 1 is 1.28 bits per heavy atom. The number of aryl methyl sites for hydroxylation is 1. The Bertz CT molecular complexity index is 1390. The van der Waals surface area contributed by atoms with Crippen LogP contribution in [0.3, 0.4) is 0 Å². The molecule has 0 aliphatic heterocycles. The second-order valence-corrected chi connectivity index (χ2v) is 8.01. The summed E-state index contributed by atoms with van der Waals surface area (Å²) in [7, 11) is 1.78. The largest absolute Gasteiger partial charge is 0.391 e. The first kappa shape index (κ1) is 20.1. The molecule has 1 aliphatic rings. The van der Waals surface area contributed by atoms with Crippen molar-refractivity contribution in [3.63, 3.8) is 0 Å². The molecule has 1 amide bonds. The van der Waals surface area contributed by atoms with Gasteiger partial charge < -0.3 is 10.4 Å². The number of hydrogen-bond acceptors (Lipinski definition) is 5. The maximum atomic E-state index is 14.9. The van der Waals surface area contributed by atoms with Gasteiger partial charge in [-0.1, -0.05) is 12.1 Å². The van der Waals surface area contributed by atoms with Crippen LogP contribution in [-0.2, 0) is 13.6 Å². The Hall–Kier alpha value is -3.79. The number of aliphatic hydroxyl groups excluding tert-OH is 1. The zero-order valence-electron chi connectivity index (χ0n) is 17.3. The van der Waals surface area contributed by atoms with Crippen LogP contribution in [0.1, 0.15) is 28.8 Å². The van der Waals surface area contributed by atoms with E-state index in [0.29, 0.717) is 24.0 Å². The molecule has 3 aromatic heterocycles. The van der Waals surface area contributed by atoms with Crippen LogP contribution >= 0.6 is 0 Å². The molecule has 3 heterocycles. The Balaban J connectivity index is 1.48. The lowest BCUT2D eigenvalue weighted by molar-refractivity contribution is 0.0447. The molecule has 5 rings (SSSR count). The van der Waals surface area contributed by atoms with Crippen molar-refractivity contribution in [1.82, 2.24) is 29.0 Å². The molecule has 10 heteroatoms. The van der Waals surface area contributed by atoms with E-state index in [1.54, 1.807) is 36.3 Å². The van der Waals surface area contributed by atoms with Gasteiger partial charge in [0.25, 0.3) is 5.91 Å². The topological polar surface area (TPSA) is 106 Å². The third-order valence-corrected chi connectivity index (χ3v) is 5.85. The summed E-state index contributed by atoms with van der Waals surface area (Å²) in [6.45, 7) is -0.0571. The minimum absolute atomic E-state index is 0.0571. The summed E-state index contributed by atoms with van der Waals surface area (Å²) >= 11 is 0. The quantitative estimate of drug-likeness (QED) is 0.491. The highest BCUT2D eigenvalue weighted by Gasteiger charge is 2.31. The van der Waals surface area contributed by atoms with Crippen LogP contribution in [0.2, 0.25) is 0 Å². The number of carbonyl (C=O) groups excluding carboxylic acids is 1. The van der Waals surface area contributed by atoms with E-state index < -0.39 is 23.5 Å². The second-order valence-electron chi connectivity index (χ2n) is 8.01. The van der Waals surface area contributed by atoms with Crippen molar-refractivity contribution in [3.8, 4) is 11.1 Å². The van der Waals surface area contributed by atoms with Gasteiger partial charge in [-0.15, -0.1) is 0 Å². The smallest absolute Gasteiger partial charge is 0.334 e. The van der Waals surface area contributed by atoms with Gasteiger partial charge in [-0.25, -0.2) is 14.2 Å². The molecular formula is C22H21FN6O3. The van der Waals surface area contributed by atoms with Gasteiger partial charge in [0, 0.05) is 43.0 Å². The van der Waals surface area contributed by atoms with Crippen molar-refractivity contribution in [1.29, 1.82) is 0 Å². The fourth-order valence-corrected chi connectivity index (χ4v) is 3.84. The summed E-state index contributed by atoms with van der Waals surface area (Å²) in [4.78, 5) is 29.8. The average Bonchev–Trinajstić information content (AvgIpc) is 3.43. The van der Waals surface area contributed by atoms with Gasteiger partial charge in [-0.3, -0.25) is 18.4 Å².